The number of thioether (sulfide) groups is 1. The van der Waals surface area contributed by atoms with Crippen molar-refractivity contribution < 1.29 is 14.3 Å². The number of rotatable bonds is 6. The van der Waals surface area contributed by atoms with Crippen molar-refractivity contribution in [2.45, 2.75) is 25.4 Å². The fourth-order valence-corrected chi connectivity index (χ4v) is 2.95. The predicted octanol–water partition coefficient (Wildman–Crippen LogP) is 2.17. The summed E-state index contributed by atoms with van der Waals surface area (Å²) < 4.78 is 6.82. The highest BCUT2D eigenvalue weighted by Gasteiger charge is 2.13. The third kappa shape index (κ3) is 4.72. The molecule has 2 aromatic rings. The summed E-state index contributed by atoms with van der Waals surface area (Å²) in [6.07, 6.45) is -0.234. The Morgan fingerprint density at radius 2 is 2.04 bits per heavy atom. The van der Waals surface area contributed by atoms with Crippen molar-refractivity contribution in [1.82, 2.24) is 20.1 Å². The van der Waals surface area contributed by atoms with Gasteiger partial charge in [-0.05, 0) is 31.9 Å². The summed E-state index contributed by atoms with van der Waals surface area (Å²) in [5.74, 6) is 1.50. The van der Waals surface area contributed by atoms with Crippen LogP contribution in [0, 0.1) is 13.8 Å². The van der Waals surface area contributed by atoms with Crippen molar-refractivity contribution in [2.75, 3.05) is 12.4 Å². The second kappa shape index (κ2) is 8.34. The number of ether oxygens (including phenoxy) is 1. The molecule has 24 heavy (non-hydrogen) atoms. The number of alkyl carbamates (subject to hydrolysis) is 1. The van der Waals surface area contributed by atoms with Gasteiger partial charge in [0.25, 0.3) is 0 Å². The summed E-state index contributed by atoms with van der Waals surface area (Å²) in [6.45, 7) is 4.12. The van der Waals surface area contributed by atoms with Crippen LogP contribution in [0.4, 0.5) is 9.59 Å². The van der Waals surface area contributed by atoms with E-state index in [2.05, 4.69) is 10.2 Å². The number of carbonyl (C=O) groups is 2. The first kappa shape index (κ1) is 17.8. The van der Waals surface area contributed by atoms with Crippen LogP contribution >= 0.6 is 11.8 Å². The largest absolute Gasteiger partial charge is 0.449 e. The van der Waals surface area contributed by atoms with Gasteiger partial charge in [0, 0.05) is 5.75 Å². The van der Waals surface area contributed by atoms with Crippen molar-refractivity contribution in [1.29, 1.82) is 0 Å². The molecule has 128 valence electrons. The van der Waals surface area contributed by atoms with E-state index in [1.54, 1.807) is 0 Å². The van der Waals surface area contributed by atoms with E-state index in [0.717, 1.165) is 22.2 Å². The van der Waals surface area contributed by atoms with Gasteiger partial charge < -0.3 is 10.5 Å². The fraction of sp³-hybridized carbons (Fsp3) is 0.333. The number of amides is 3. The third-order valence-corrected chi connectivity index (χ3v) is 4.14. The predicted molar refractivity (Wildman–Crippen MR) is 90.2 cm³/mol. The van der Waals surface area contributed by atoms with Crippen LogP contribution in [0.1, 0.15) is 17.8 Å². The Kier molecular flexibility index (Phi) is 6.19. The normalized spacial score (nSPS) is 10.4. The quantitative estimate of drug-likeness (QED) is 0.610. The highest BCUT2D eigenvalue weighted by molar-refractivity contribution is 7.99. The highest BCUT2D eigenvalue weighted by Crippen LogP contribution is 2.24. The van der Waals surface area contributed by atoms with E-state index in [1.165, 1.54) is 11.8 Å². The summed E-state index contributed by atoms with van der Waals surface area (Å²) in [5.41, 5.74) is 6.99. The number of imide groups is 1. The summed E-state index contributed by atoms with van der Waals surface area (Å²) in [5, 5.41) is 11.0. The first-order valence-electron chi connectivity index (χ1n) is 7.33. The number of carbonyl (C=O) groups excluding carboxylic acids is 2. The summed E-state index contributed by atoms with van der Waals surface area (Å²) in [4.78, 5) is 21.6. The molecule has 0 radical (unpaired) electrons. The maximum Gasteiger partial charge on any atom is 0.415 e. The SMILES string of the molecule is Cc1ccccc1-n1c(C)nnc1SCCCOC(=O)NC(N)=O. The van der Waals surface area contributed by atoms with Crippen molar-refractivity contribution in [3.05, 3.63) is 35.7 Å². The molecule has 9 heteroatoms. The zero-order valence-electron chi connectivity index (χ0n) is 13.5. The lowest BCUT2D eigenvalue weighted by molar-refractivity contribution is 0.148. The molecule has 3 amide bonds. The second-order valence-corrected chi connectivity index (χ2v) is 6.04. The fourth-order valence-electron chi connectivity index (χ4n) is 2.05. The van der Waals surface area contributed by atoms with E-state index in [-0.39, 0.29) is 6.61 Å². The molecular weight excluding hydrogens is 330 g/mol. The monoisotopic (exact) mass is 349 g/mol. The lowest BCUT2D eigenvalue weighted by atomic mass is 10.2. The Morgan fingerprint density at radius 1 is 1.29 bits per heavy atom. The zero-order valence-corrected chi connectivity index (χ0v) is 14.3. The molecule has 0 saturated carbocycles. The number of primary amides is 1. The van der Waals surface area contributed by atoms with Crippen LogP contribution in [-0.4, -0.2) is 39.2 Å². The Labute approximate surface area is 143 Å². The summed E-state index contributed by atoms with van der Waals surface area (Å²) >= 11 is 1.52. The summed E-state index contributed by atoms with van der Waals surface area (Å²) in [7, 11) is 0. The molecule has 3 N–H and O–H groups in total. The maximum absolute atomic E-state index is 11.1. The number of nitrogens with one attached hydrogen (secondary N) is 1. The average Bonchev–Trinajstić information content (AvgIpc) is 2.87. The van der Waals surface area contributed by atoms with Crippen LogP contribution < -0.4 is 11.1 Å². The maximum atomic E-state index is 11.1. The van der Waals surface area contributed by atoms with Gasteiger partial charge in [0.15, 0.2) is 5.16 Å². The van der Waals surface area contributed by atoms with E-state index in [4.69, 9.17) is 10.5 Å². The standard InChI is InChI=1S/C15H19N5O3S/c1-10-6-3-4-7-12(10)20-11(2)18-19-14(20)24-9-5-8-23-15(22)17-13(16)21/h3-4,6-7H,5,8-9H2,1-2H3,(H3,16,17,21,22). The van der Waals surface area contributed by atoms with Gasteiger partial charge in [-0.3, -0.25) is 4.57 Å². The molecule has 0 aliphatic heterocycles. The molecule has 8 nitrogen and oxygen atoms in total. The Balaban J connectivity index is 1.90. The minimum atomic E-state index is -0.934. The minimum Gasteiger partial charge on any atom is -0.449 e. The smallest absolute Gasteiger partial charge is 0.415 e. The number of nitrogens with two attached hydrogens (primary N) is 1. The van der Waals surface area contributed by atoms with Crippen LogP contribution in [0.25, 0.3) is 5.69 Å². The number of aryl methyl sites for hydroxylation is 2. The first-order chi connectivity index (χ1) is 11.5. The summed E-state index contributed by atoms with van der Waals surface area (Å²) in [6, 6.07) is 7.08. The van der Waals surface area contributed by atoms with Crippen LogP contribution in [0.5, 0.6) is 0 Å². The lowest BCUT2D eigenvalue weighted by Crippen LogP contribution is -2.35. The molecule has 0 unspecified atom stereocenters. The van der Waals surface area contributed by atoms with Gasteiger partial charge in [-0.25, -0.2) is 14.9 Å². The molecule has 0 aliphatic rings. The Morgan fingerprint density at radius 3 is 2.75 bits per heavy atom. The van der Waals surface area contributed by atoms with Crippen molar-refractivity contribution in [2.24, 2.45) is 5.73 Å². The van der Waals surface area contributed by atoms with Crippen LogP contribution in [0.15, 0.2) is 29.4 Å². The molecule has 0 bridgehead atoms. The molecule has 0 aliphatic carbocycles. The van der Waals surface area contributed by atoms with Gasteiger partial charge in [0.2, 0.25) is 0 Å². The van der Waals surface area contributed by atoms with Crippen molar-refractivity contribution in [3.63, 3.8) is 0 Å². The minimum absolute atomic E-state index is 0.184. The number of hydrogen-bond donors (Lipinski definition) is 2. The van der Waals surface area contributed by atoms with Gasteiger partial charge in [-0.1, -0.05) is 30.0 Å². The van der Waals surface area contributed by atoms with Gasteiger partial charge in [-0.2, -0.15) is 0 Å². The van der Waals surface area contributed by atoms with Crippen molar-refractivity contribution >= 4 is 23.9 Å². The molecule has 0 spiro atoms. The number of hydrogen-bond acceptors (Lipinski definition) is 6. The van der Waals surface area contributed by atoms with E-state index >= 15 is 0 Å². The highest BCUT2D eigenvalue weighted by atomic mass is 32.2. The van der Waals surface area contributed by atoms with E-state index in [1.807, 2.05) is 48.0 Å². The van der Waals surface area contributed by atoms with Gasteiger partial charge in [0.1, 0.15) is 5.82 Å². The molecule has 0 saturated heterocycles. The van der Waals surface area contributed by atoms with Crippen LogP contribution in [-0.2, 0) is 4.74 Å². The number of para-hydroxylation sites is 1. The zero-order chi connectivity index (χ0) is 17.5. The van der Waals surface area contributed by atoms with Gasteiger partial charge in [-0.15, -0.1) is 10.2 Å². The number of nitrogens with zero attached hydrogens (tertiary/aromatic N) is 3. The molecular formula is C15H19N5O3S. The number of aromatic nitrogens is 3. The molecule has 1 aromatic heterocycles. The van der Waals surface area contributed by atoms with E-state index in [0.29, 0.717) is 12.2 Å². The molecule has 1 aromatic carbocycles. The number of benzene rings is 1. The lowest BCUT2D eigenvalue weighted by Gasteiger charge is -2.11. The van der Waals surface area contributed by atoms with Gasteiger partial charge in [0.05, 0.1) is 12.3 Å². The Bertz CT molecular complexity index is 732. The van der Waals surface area contributed by atoms with Crippen LogP contribution in [0.2, 0.25) is 0 Å². The molecule has 0 fully saturated rings. The van der Waals surface area contributed by atoms with E-state index < -0.39 is 12.1 Å². The second-order valence-electron chi connectivity index (χ2n) is 4.98. The topological polar surface area (TPSA) is 112 Å². The first-order valence-corrected chi connectivity index (χ1v) is 8.31. The van der Waals surface area contributed by atoms with Crippen molar-refractivity contribution in [3.8, 4) is 5.69 Å². The number of urea groups is 1. The molecule has 0 atom stereocenters. The van der Waals surface area contributed by atoms with E-state index in [9.17, 15) is 9.59 Å². The van der Waals surface area contributed by atoms with Crippen LogP contribution in [0.3, 0.4) is 0 Å². The molecule has 2 rings (SSSR count). The third-order valence-electron chi connectivity index (χ3n) is 3.13. The Hall–Kier alpha value is -2.55. The average molecular weight is 349 g/mol. The van der Waals surface area contributed by atoms with Gasteiger partial charge >= 0.3 is 12.1 Å². The molecule has 1 heterocycles.